The minimum atomic E-state index is 0.624. The van der Waals surface area contributed by atoms with E-state index >= 15 is 0 Å². The highest BCUT2D eigenvalue weighted by atomic mass is 15.3. The SMILES string of the molecule is Cc1cn(-c2ccc(N3CCC(N4CCCc5ccccc54)CC3)nn2)cn1. The molecule has 5 rings (SSSR count). The first-order valence-corrected chi connectivity index (χ1v) is 10.2. The molecule has 6 heteroatoms. The van der Waals surface area contributed by atoms with Crippen molar-refractivity contribution in [1.29, 1.82) is 0 Å². The van der Waals surface area contributed by atoms with E-state index in [1.807, 2.05) is 23.8 Å². The van der Waals surface area contributed by atoms with Crippen LogP contribution in [-0.4, -0.2) is 45.4 Å². The van der Waals surface area contributed by atoms with Crippen molar-refractivity contribution >= 4 is 11.5 Å². The quantitative estimate of drug-likeness (QED) is 0.703. The second-order valence-electron chi connectivity index (χ2n) is 7.82. The average molecular weight is 374 g/mol. The zero-order valence-electron chi connectivity index (χ0n) is 16.3. The Kier molecular flexibility index (Phi) is 4.47. The highest BCUT2D eigenvalue weighted by molar-refractivity contribution is 5.56. The van der Waals surface area contributed by atoms with Gasteiger partial charge in [-0.05, 0) is 56.4 Å². The third-order valence-electron chi connectivity index (χ3n) is 5.99. The highest BCUT2D eigenvalue weighted by Gasteiger charge is 2.28. The van der Waals surface area contributed by atoms with Gasteiger partial charge in [0, 0.05) is 37.6 Å². The van der Waals surface area contributed by atoms with Crippen molar-refractivity contribution in [2.24, 2.45) is 0 Å². The molecule has 0 unspecified atom stereocenters. The molecule has 0 saturated carbocycles. The highest BCUT2D eigenvalue weighted by Crippen LogP contribution is 2.32. The maximum atomic E-state index is 4.48. The molecule has 1 saturated heterocycles. The molecule has 28 heavy (non-hydrogen) atoms. The molecule has 0 bridgehead atoms. The molecule has 1 aromatic carbocycles. The fourth-order valence-electron chi connectivity index (χ4n) is 4.52. The number of benzene rings is 1. The summed E-state index contributed by atoms with van der Waals surface area (Å²) in [6, 6.07) is 13.6. The lowest BCUT2D eigenvalue weighted by Gasteiger charge is -2.42. The predicted molar refractivity (Wildman–Crippen MR) is 111 cm³/mol. The van der Waals surface area contributed by atoms with E-state index in [0.29, 0.717) is 6.04 Å². The number of anilines is 2. The second kappa shape index (κ2) is 7.26. The van der Waals surface area contributed by atoms with Crippen LogP contribution in [-0.2, 0) is 6.42 Å². The van der Waals surface area contributed by atoms with Gasteiger partial charge in [0.1, 0.15) is 6.33 Å². The maximum Gasteiger partial charge on any atom is 0.160 e. The lowest BCUT2D eigenvalue weighted by Crippen LogP contribution is -2.47. The van der Waals surface area contributed by atoms with Crippen LogP contribution in [0.1, 0.15) is 30.5 Å². The maximum absolute atomic E-state index is 4.48. The number of fused-ring (bicyclic) bond motifs is 1. The van der Waals surface area contributed by atoms with E-state index in [1.165, 1.54) is 43.5 Å². The van der Waals surface area contributed by atoms with Crippen LogP contribution in [0.5, 0.6) is 0 Å². The van der Waals surface area contributed by atoms with E-state index in [4.69, 9.17) is 0 Å². The minimum absolute atomic E-state index is 0.624. The van der Waals surface area contributed by atoms with Crippen molar-refractivity contribution in [3.05, 3.63) is 60.2 Å². The van der Waals surface area contributed by atoms with E-state index in [0.717, 1.165) is 30.4 Å². The van der Waals surface area contributed by atoms with Crippen molar-refractivity contribution in [3.8, 4) is 5.82 Å². The summed E-state index contributed by atoms with van der Waals surface area (Å²) >= 11 is 0. The monoisotopic (exact) mass is 374 g/mol. The molecule has 6 nitrogen and oxygen atoms in total. The summed E-state index contributed by atoms with van der Waals surface area (Å²) in [4.78, 5) is 9.26. The summed E-state index contributed by atoms with van der Waals surface area (Å²) in [6.07, 6.45) is 8.55. The molecule has 0 radical (unpaired) electrons. The molecule has 0 aliphatic carbocycles. The number of nitrogens with zero attached hydrogens (tertiary/aromatic N) is 6. The van der Waals surface area contributed by atoms with E-state index in [2.05, 4.69) is 55.3 Å². The van der Waals surface area contributed by atoms with Crippen molar-refractivity contribution in [1.82, 2.24) is 19.7 Å². The Bertz CT molecular complexity index is 940. The molecule has 0 atom stereocenters. The van der Waals surface area contributed by atoms with E-state index in [-0.39, 0.29) is 0 Å². The first kappa shape index (κ1) is 17.2. The predicted octanol–water partition coefficient (Wildman–Crippen LogP) is 3.39. The van der Waals surface area contributed by atoms with Crippen LogP contribution < -0.4 is 9.80 Å². The topological polar surface area (TPSA) is 50.1 Å². The molecule has 0 amide bonds. The number of rotatable bonds is 3. The smallest absolute Gasteiger partial charge is 0.160 e. The van der Waals surface area contributed by atoms with Gasteiger partial charge in [-0.2, -0.15) is 0 Å². The normalized spacial score (nSPS) is 17.6. The van der Waals surface area contributed by atoms with E-state index in [9.17, 15) is 0 Å². The largest absolute Gasteiger partial charge is 0.368 e. The van der Waals surface area contributed by atoms with Crippen LogP contribution in [0.4, 0.5) is 11.5 Å². The van der Waals surface area contributed by atoms with Crippen LogP contribution in [0.3, 0.4) is 0 Å². The Hall–Kier alpha value is -2.89. The van der Waals surface area contributed by atoms with Crippen molar-refractivity contribution in [2.45, 2.75) is 38.6 Å². The zero-order chi connectivity index (χ0) is 18.9. The van der Waals surface area contributed by atoms with Crippen LogP contribution >= 0.6 is 0 Å². The van der Waals surface area contributed by atoms with Crippen molar-refractivity contribution in [2.75, 3.05) is 29.4 Å². The van der Waals surface area contributed by atoms with Crippen molar-refractivity contribution < 1.29 is 0 Å². The second-order valence-corrected chi connectivity index (χ2v) is 7.82. The van der Waals surface area contributed by atoms with Crippen LogP contribution in [0, 0.1) is 6.92 Å². The average Bonchev–Trinajstić information content (AvgIpc) is 3.20. The van der Waals surface area contributed by atoms with Gasteiger partial charge >= 0.3 is 0 Å². The number of aryl methyl sites for hydroxylation is 2. The molecule has 2 aliphatic rings. The molecule has 4 heterocycles. The van der Waals surface area contributed by atoms with Gasteiger partial charge in [-0.3, -0.25) is 4.57 Å². The Morgan fingerprint density at radius 1 is 0.929 bits per heavy atom. The lowest BCUT2D eigenvalue weighted by atomic mass is 9.96. The number of para-hydroxylation sites is 1. The molecule has 144 valence electrons. The van der Waals surface area contributed by atoms with Crippen LogP contribution in [0.2, 0.25) is 0 Å². The first-order valence-electron chi connectivity index (χ1n) is 10.2. The van der Waals surface area contributed by atoms with Gasteiger partial charge in [0.05, 0.1) is 5.69 Å². The Labute approximate surface area is 165 Å². The summed E-state index contributed by atoms with van der Waals surface area (Å²) in [5.41, 5.74) is 3.94. The van der Waals surface area contributed by atoms with Gasteiger partial charge in [0.2, 0.25) is 0 Å². The molecule has 0 N–H and O–H groups in total. The molecule has 3 aromatic rings. The number of aromatic nitrogens is 4. The number of piperidine rings is 1. The first-order chi connectivity index (χ1) is 13.8. The molecule has 2 aliphatic heterocycles. The van der Waals surface area contributed by atoms with Gasteiger partial charge < -0.3 is 9.80 Å². The Morgan fingerprint density at radius 3 is 2.46 bits per heavy atom. The van der Waals surface area contributed by atoms with E-state index < -0.39 is 0 Å². The fraction of sp³-hybridized carbons (Fsp3) is 0.409. The van der Waals surface area contributed by atoms with Crippen LogP contribution in [0.25, 0.3) is 5.82 Å². The minimum Gasteiger partial charge on any atom is -0.368 e. The van der Waals surface area contributed by atoms with Crippen molar-refractivity contribution in [3.63, 3.8) is 0 Å². The number of hydrogen-bond acceptors (Lipinski definition) is 5. The summed E-state index contributed by atoms with van der Waals surface area (Å²) in [5, 5.41) is 8.87. The van der Waals surface area contributed by atoms with Gasteiger partial charge in [-0.25, -0.2) is 4.98 Å². The molecular weight excluding hydrogens is 348 g/mol. The zero-order valence-corrected chi connectivity index (χ0v) is 16.3. The van der Waals surface area contributed by atoms with Gasteiger partial charge in [0.25, 0.3) is 0 Å². The summed E-state index contributed by atoms with van der Waals surface area (Å²) in [5.74, 6) is 1.78. The molecule has 2 aromatic heterocycles. The van der Waals surface area contributed by atoms with Crippen LogP contribution in [0.15, 0.2) is 48.9 Å². The number of hydrogen-bond donors (Lipinski definition) is 0. The third kappa shape index (κ3) is 3.23. The summed E-state index contributed by atoms with van der Waals surface area (Å²) in [6.45, 7) is 5.22. The lowest BCUT2D eigenvalue weighted by molar-refractivity contribution is 0.452. The standard InChI is InChI=1S/C22H26N6/c1-17-15-27(16-23-17)22-9-8-21(24-25-22)26-13-10-19(11-14-26)28-12-4-6-18-5-2-3-7-20(18)28/h2-3,5,7-9,15-16,19H,4,6,10-14H2,1H3. The Morgan fingerprint density at radius 2 is 1.71 bits per heavy atom. The van der Waals surface area contributed by atoms with Gasteiger partial charge in [0.15, 0.2) is 11.6 Å². The molecular formula is C22H26N6. The van der Waals surface area contributed by atoms with E-state index in [1.54, 1.807) is 6.33 Å². The summed E-state index contributed by atoms with van der Waals surface area (Å²) < 4.78 is 1.91. The van der Waals surface area contributed by atoms with Gasteiger partial charge in [-0.15, -0.1) is 10.2 Å². The third-order valence-corrected chi connectivity index (χ3v) is 5.99. The molecule has 0 spiro atoms. The van der Waals surface area contributed by atoms with Gasteiger partial charge in [-0.1, -0.05) is 18.2 Å². The number of imidazole rings is 1. The summed E-state index contributed by atoms with van der Waals surface area (Å²) in [7, 11) is 0. The fourth-order valence-corrected chi connectivity index (χ4v) is 4.52. The molecule has 1 fully saturated rings. The Balaban J connectivity index is 1.25.